The highest BCUT2D eigenvalue weighted by molar-refractivity contribution is 5.90. The van der Waals surface area contributed by atoms with Crippen molar-refractivity contribution in [3.8, 4) is 11.5 Å². The van der Waals surface area contributed by atoms with Crippen molar-refractivity contribution in [2.24, 2.45) is 0 Å². The second kappa shape index (κ2) is 8.34. The van der Waals surface area contributed by atoms with Gasteiger partial charge < -0.3 is 20.5 Å². The summed E-state index contributed by atoms with van der Waals surface area (Å²) in [6.45, 7) is 9.87. The molecule has 0 saturated carbocycles. The topological polar surface area (TPSA) is 70.6 Å². The number of hydrogen-bond acceptors (Lipinski definition) is 4. The summed E-state index contributed by atoms with van der Waals surface area (Å²) in [5, 5.41) is 16.7. The SMILES string of the molecule is CCNc1cc2c(cc1C)C(c1ccccc1C(=O)O)c1cc(C)c(NCC)cc1O2. The first-order chi connectivity index (χ1) is 14.9. The summed E-state index contributed by atoms with van der Waals surface area (Å²) in [4.78, 5) is 12.0. The van der Waals surface area contributed by atoms with Crippen LogP contribution in [0.4, 0.5) is 11.4 Å². The lowest BCUT2D eigenvalue weighted by Gasteiger charge is -2.31. The molecule has 0 amide bonds. The number of rotatable bonds is 6. The van der Waals surface area contributed by atoms with Crippen LogP contribution < -0.4 is 15.4 Å². The molecule has 3 aromatic rings. The third kappa shape index (κ3) is 3.72. The van der Waals surface area contributed by atoms with Crippen molar-refractivity contribution in [2.45, 2.75) is 33.6 Å². The van der Waals surface area contributed by atoms with Gasteiger partial charge in [0, 0.05) is 53.6 Å². The van der Waals surface area contributed by atoms with E-state index in [9.17, 15) is 9.90 Å². The zero-order valence-corrected chi connectivity index (χ0v) is 18.4. The lowest BCUT2D eigenvalue weighted by molar-refractivity contribution is 0.0695. The van der Waals surface area contributed by atoms with Crippen LogP contribution >= 0.6 is 0 Å². The minimum atomic E-state index is -0.924. The Balaban J connectivity index is 1.99. The number of carboxylic acid groups (broad SMARTS) is 1. The van der Waals surface area contributed by atoms with Crippen LogP contribution in [-0.4, -0.2) is 24.2 Å². The first-order valence-electron chi connectivity index (χ1n) is 10.7. The Morgan fingerprint density at radius 2 is 1.39 bits per heavy atom. The third-order valence-electron chi connectivity index (χ3n) is 5.79. The quantitative estimate of drug-likeness (QED) is 0.352. The molecule has 0 saturated heterocycles. The van der Waals surface area contributed by atoms with E-state index in [1.165, 1.54) is 0 Å². The highest BCUT2D eigenvalue weighted by Gasteiger charge is 2.32. The third-order valence-corrected chi connectivity index (χ3v) is 5.79. The van der Waals surface area contributed by atoms with Gasteiger partial charge >= 0.3 is 5.97 Å². The Morgan fingerprint density at radius 1 is 0.871 bits per heavy atom. The Kier molecular flexibility index (Phi) is 5.59. The van der Waals surface area contributed by atoms with Crippen LogP contribution in [0.25, 0.3) is 0 Å². The number of benzene rings is 3. The van der Waals surface area contributed by atoms with E-state index >= 15 is 0 Å². The maximum absolute atomic E-state index is 12.0. The summed E-state index contributed by atoms with van der Waals surface area (Å²) >= 11 is 0. The number of ether oxygens (including phenoxy) is 1. The molecule has 0 spiro atoms. The maximum Gasteiger partial charge on any atom is 0.335 e. The molecule has 0 fully saturated rings. The van der Waals surface area contributed by atoms with Crippen molar-refractivity contribution < 1.29 is 14.6 Å². The first kappa shape index (κ1) is 20.8. The van der Waals surface area contributed by atoms with Gasteiger partial charge in [0.1, 0.15) is 11.5 Å². The number of aryl methyl sites for hydroxylation is 2. The largest absolute Gasteiger partial charge is 0.478 e. The van der Waals surface area contributed by atoms with E-state index in [2.05, 4.69) is 50.5 Å². The van der Waals surface area contributed by atoms with Crippen molar-refractivity contribution in [3.05, 3.63) is 81.9 Å². The molecule has 3 N–H and O–H groups in total. The standard InChI is InChI=1S/C26H28N2O3/c1-5-27-21-13-23-19(11-15(21)3)25(17-9-7-8-10-18(17)26(29)30)20-12-16(4)22(28-6-2)14-24(20)31-23/h7-14,25,27-28H,5-6H2,1-4H3,(H,29,30). The molecule has 0 atom stereocenters. The van der Waals surface area contributed by atoms with Crippen LogP contribution in [0.15, 0.2) is 48.5 Å². The van der Waals surface area contributed by atoms with Gasteiger partial charge in [-0.15, -0.1) is 0 Å². The number of nitrogens with one attached hydrogen (secondary N) is 2. The van der Waals surface area contributed by atoms with Crippen LogP contribution in [0.5, 0.6) is 11.5 Å². The number of anilines is 2. The van der Waals surface area contributed by atoms with Gasteiger partial charge in [0.05, 0.1) is 5.56 Å². The first-order valence-corrected chi connectivity index (χ1v) is 10.7. The average Bonchev–Trinajstić information content (AvgIpc) is 2.74. The highest BCUT2D eigenvalue weighted by atomic mass is 16.5. The Bertz CT molecular complexity index is 1090. The smallest absolute Gasteiger partial charge is 0.335 e. The predicted octanol–water partition coefficient (Wildman–Crippen LogP) is 6.15. The van der Waals surface area contributed by atoms with Gasteiger partial charge in [0.2, 0.25) is 0 Å². The fourth-order valence-corrected chi connectivity index (χ4v) is 4.38. The summed E-state index contributed by atoms with van der Waals surface area (Å²) < 4.78 is 6.39. The van der Waals surface area contributed by atoms with E-state index in [-0.39, 0.29) is 5.92 Å². The van der Waals surface area contributed by atoms with Crippen molar-refractivity contribution in [3.63, 3.8) is 0 Å². The van der Waals surface area contributed by atoms with E-state index in [1.54, 1.807) is 12.1 Å². The second-order valence-electron chi connectivity index (χ2n) is 7.90. The van der Waals surface area contributed by atoms with Gasteiger partial charge in [-0.1, -0.05) is 18.2 Å². The summed E-state index contributed by atoms with van der Waals surface area (Å²) in [7, 11) is 0. The van der Waals surface area contributed by atoms with Gasteiger partial charge in [0.25, 0.3) is 0 Å². The van der Waals surface area contributed by atoms with E-state index in [4.69, 9.17) is 4.74 Å². The molecular formula is C26H28N2O3. The van der Waals surface area contributed by atoms with Crippen molar-refractivity contribution in [1.29, 1.82) is 0 Å². The molecule has 0 unspecified atom stereocenters. The molecule has 1 aliphatic heterocycles. The lowest BCUT2D eigenvalue weighted by atomic mass is 9.79. The molecule has 3 aromatic carbocycles. The molecule has 0 aromatic heterocycles. The van der Waals surface area contributed by atoms with Crippen molar-refractivity contribution >= 4 is 17.3 Å². The van der Waals surface area contributed by atoms with Crippen molar-refractivity contribution in [2.75, 3.05) is 23.7 Å². The second-order valence-corrected chi connectivity index (χ2v) is 7.90. The van der Waals surface area contributed by atoms with E-state index in [1.807, 2.05) is 24.3 Å². The van der Waals surface area contributed by atoms with Crippen molar-refractivity contribution in [1.82, 2.24) is 0 Å². The van der Waals surface area contributed by atoms with E-state index in [0.717, 1.165) is 63.8 Å². The van der Waals surface area contributed by atoms with Crippen LogP contribution in [0, 0.1) is 13.8 Å². The summed E-state index contributed by atoms with van der Waals surface area (Å²) in [6, 6.07) is 15.5. The monoisotopic (exact) mass is 416 g/mol. The number of carbonyl (C=O) groups is 1. The molecule has 0 radical (unpaired) electrons. The molecule has 0 bridgehead atoms. The van der Waals surface area contributed by atoms with Gasteiger partial charge in [-0.2, -0.15) is 0 Å². The molecular weight excluding hydrogens is 388 g/mol. The molecule has 5 heteroatoms. The molecule has 160 valence electrons. The average molecular weight is 417 g/mol. The Labute approximate surface area is 183 Å². The predicted molar refractivity (Wildman–Crippen MR) is 125 cm³/mol. The summed E-state index contributed by atoms with van der Waals surface area (Å²) in [6.07, 6.45) is 0. The van der Waals surface area contributed by atoms with Gasteiger partial charge in [-0.3, -0.25) is 0 Å². The fourth-order valence-electron chi connectivity index (χ4n) is 4.38. The minimum Gasteiger partial charge on any atom is -0.478 e. The van der Waals surface area contributed by atoms with E-state index in [0.29, 0.717) is 5.56 Å². The number of hydrogen-bond donors (Lipinski definition) is 3. The number of carboxylic acids is 1. The molecule has 0 aliphatic carbocycles. The summed E-state index contributed by atoms with van der Waals surface area (Å²) in [5.41, 5.74) is 7.30. The van der Waals surface area contributed by atoms with Crippen LogP contribution in [0.1, 0.15) is 57.9 Å². The van der Waals surface area contributed by atoms with Crippen LogP contribution in [0.2, 0.25) is 0 Å². The van der Waals surface area contributed by atoms with Gasteiger partial charge in [-0.05, 0) is 62.6 Å². The lowest BCUT2D eigenvalue weighted by Crippen LogP contribution is -2.16. The molecule has 31 heavy (non-hydrogen) atoms. The van der Waals surface area contributed by atoms with Gasteiger partial charge in [-0.25, -0.2) is 4.79 Å². The Hall–Kier alpha value is -3.47. The minimum absolute atomic E-state index is 0.227. The highest BCUT2D eigenvalue weighted by Crippen LogP contribution is 2.50. The van der Waals surface area contributed by atoms with Crippen LogP contribution in [0.3, 0.4) is 0 Å². The van der Waals surface area contributed by atoms with Gasteiger partial charge in [0.15, 0.2) is 0 Å². The number of fused-ring (bicyclic) bond motifs is 2. The Morgan fingerprint density at radius 3 is 1.87 bits per heavy atom. The molecule has 1 heterocycles. The molecule has 4 rings (SSSR count). The number of aromatic carboxylic acids is 1. The molecule has 5 nitrogen and oxygen atoms in total. The molecule has 1 aliphatic rings. The summed E-state index contributed by atoms with van der Waals surface area (Å²) in [5.74, 6) is 0.359. The normalized spacial score (nSPS) is 12.5. The van der Waals surface area contributed by atoms with E-state index < -0.39 is 5.97 Å². The zero-order valence-electron chi connectivity index (χ0n) is 18.4. The zero-order chi connectivity index (χ0) is 22.1. The maximum atomic E-state index is 12.0. The fraction of sp³-hybridized carbons (Fsp3) is 0.269. The van der Waals surface area contributed by atoms with Crippen LogP contribution in [-0.2, 0) is 0 Å².